The van der Waals surface area contributed by atoms with Gasteiger partial charge in [-0.3, -0.25) is 9.59 Å². The largest absolute Gasteiger partial charge is 0.361 e. The number of carbonyl (C=O) groups excluding carboxylic acids is 1. The van der Waals surface area contributed by atoms with Gasteiger partial charge in [-0.2, -0.15) is 0 Å². The number of nitrogens with zero attached hydrogens (tertiary/aromatic N) is 2. The van der Waals surface area contributed by atoms with Crippen molar-refractivity contribution < 1.29 is 9.32 Å². The van der Waals surface area contributed by atoms with Gasteiger partial charge in [-0.15, -0.1) is 0 Å². The number of halogens is 2. The van der Waals surface area contributed by atoms with Gasteiger partial charge < -0.3 is 14.8 Å². The summed E-state index contributed by atoms with van der Waals surface area (Å²) in [5, 5.41) is 7.45. The van der Waals surface area contributed by atoms with E-state index < -0.39 is 11.5 Å². The van der Waals surface area contributed by atoms with Crippen molar-refractivity contribution in [3.8, 4) is 0 Å². The highest BCUT2D eigenvalue weighted by atomic mass is 35.5. The van der Waals surface area contributed by atoms with E-state index in [4.69, 9.17) is 27.7 Å². The summed E-state index contributed by atoms with van der Waals surface area (Å²) >= 11 is 12.3. The second-order valence-corrected chi connectivity index (χ2v) is 6.75. The molecule has 0 saturated heterocycles. The van der Waals surface area contributed by atoms with E-state index in [1.165, 1.54) is 6.20 Å². The number of nitrogens with one attached hydrogen (secondary N) is 2. The van der Waals surface area contributed by atoms with Gasteiger partial charge in [-0.1, -0.05) is 34.4 Å². The van der Waals surface area contributed by atoms with Crippen LogP contribution in [0.25, 0.3) is 0 Å². The zero-order valence-electron chi connectivity index (χ0n) is 14.6. The van der Waals surface area contributed by atoms with Gasteiger partial charge in [0.05, 0.1) is 5.69 Å². The Balaban J connectivity index is 1.74. The highest BCUT2D eigenvalue weighted by molar-refractivity contribution is 6.36. The van der Waals surface area contributed by atoms with E-state index in [-0.39, 0.29) is 18.5 Å². The summed E-state index contributed by atoms with van der Waals surface area (Å²) in [6.45, 7) is 3.74. The minimum atomic E-state index is -0.542. The maximum atomic E-state index is 12.3. The van der Waals surface area contributed by atoms with Crippen LogP contribution in [0.3, 0.4) is 0 Å². The first-order chi connectivity index (χ1) is 12.9. The van der Waals surface area contributed by atoms with E-state index >= 15 is 0 Å². The minimum absolute atomic E-state index is 0.0873. The number of H-pyrrole nitrogens is 1. The van der Waals surface area contributed by atoms with Crippen molar-refractivity contribution >= 4 is 29.1 Å². The molecule has 0 atom stereocenters. The third kappa shape index (κ3) is 4.20. The van der Waals surface area contributed by atoms with Gasteiger partial charge in [0.25, 0.3) is 11.5 Å². The Labute approximate surface area is 164 Å². The molecule has 9 heteroatoms. The van der Waals surface area contributed by atoms with E-state index in [0.29, 0.717) is 32.9 Å². The molecule has 2 aromatic heterocycles. The van der Waals surface area contributed by atoms with Crippen molar-refractivity contribution in [1.29, 1.82) is 0 Å². The molecule has 3 rings (SSSR count). The van der Waals surface area contributed by atoms with E-state index in [0.717, 1.165) is 5.56 Å². The monoisotopic (exact) mass is 406 g/mol. The molecule has 2 N–H and O–H groups in total. The second-order valence-electron chi connectivity index (χ2n) is 5.94. The van der Waals surface area contributed by atoms with Crippen LogP contribution in [0.1, 0.15) is 38.8 Å². The molecule has 0 aliphatic rings. The van der Waals surface area contributed by atoms with E-state index in [2.05, 4.69) is 20.4 Å². The molecule has 1 amide bonds. The van der Waals surface area contributed by atoms with Crippen molar-refractivity contribution in [3.63, 3.8) is 0 Å². The van der Waals surface area contributed by atoms with Gasteiger partial charge in [0.2, 0.25) is 0 Å². The van der Waals surface area contributed by atoms with Gasteiger partial charge >= 0.3 is 0 Å². The first-order valence-corrected chi connectivity index (χ1v) is 8.83. The first-order valence-electron chi connectivity index (χ1n) is 8.08. The Morgan fingerprint density at radius 2 is 1.93 bits per heavy atom. The number of benzene rings is 1. The molecule has 3 aromatic rings. The number of rotatable bonds is 5. The molecule has 0 aliphatic carbocycles. The van der Waals surface area contributed by atoms with Gasteiger partial charge in [0, 0.05) is 34.8 Å². The van der Waals surface area contributed by atoms with Gasteiger partial charge in [-0.25, -0.2) is 4.98 Å². The fourth-order valence-corrected chi connectivity index (χ4v) is 3.10. The van der Waals surface area contributed by atoms with Crippen LogP contribution in [0.4, 0.5) is 0 Å². The van der Waals surface area contributed by atoms with E-state index in [1.54, 1.807) is 32.0 Å². The Morgan fingerprint density at radius 1 is 1.22 bits per heavy atom. The van der Waals surface area contributed by atoms with Crippen LogP contribution in [-0.2, 0) is 13.0 Å². The predicted molar refractivity (Wildman–Crippen MR) is 101 cm³/mol. The number of aromatic amines is 1. The van der Waals surface area contributed by atoms with Crippen LogP contribution < -0.4 is 10.9 Å². The summed E-state index contributed by atoms with van der Waals surface area (Å²) in [6, 6.07) is 5.14. The van der Waals surface area contributed by atoms with Crippen molar-refractivity contribution in [2.24, 2.45) is 0 Å². The summed E-state index contributed by atoms with van der Waals surface area (Å²) in [4.78, 5) is 31.3. The normalized spacial score (nSPS) is 10.8. The number of hydrogen-bond acceptors (Lipinski definition) is 5. The molecular formula is C18H16Cl2N4O3. The maximum Gasteiger partial charge on any atom is 0.263 e. The molecule has 1 aromatic carbocycles. The lowest BCUT2D eigenvalue weighted by Gasteiger charge is -2.08. The SMILES string of the molecule is Cc1noc(C)c1CNC(=O)c1cnc(Cc2c(Cl)cccc2Cl)[nH]c1=O. The lowest BCUT2D eigenvalue weighted by molar-refractivity contribution is 0.0949. The Kier molecular flexibility index (Phi) is 5.62. The summed E-state index contributed by atoms with van der Waals surface area (Å²) in [5.74, 6) is 0.440. The fourth-order valence-electron chi connectivity index (χ4n) is 2.57. The lowest BCUT2D eigenvalue weighted by atomic mass is 10.1. The fraction of sp³-hybridized carbons (Fsp3) is 0.222. The molecule has 7 nitrogen and oxygen atoms in total. The van der Waals surface area contributed by atoms with E-state index in [1.807, 2.05) is 0 Å². The van der Waals surface area contributed by atoms with Gasteiger partial charge in [0.15, 0.2) is 0 Å². The number of hydrogen-bond donors (Lipinski definition) is 2. The van der Waals surface area contributed by atoms with E-state index in [9.17, 15) is 9.59 Å². The molecule has 0 saturated carbocycles. The quantitative estimate of drug-likeness (QED) is 0.677. The molecular weight excluding hydrogens is 391 g/mol. The standard InChI is InChI=1S/C18H16Cl2N4O3/c1-9-12(10(2)27-24-9)7-22-17(25)13-8-21-16(23-18(13)26)6-11-14(19)4-3-5-15(11)20/h3-5,8H,6-7H2,1-2H3,(H,22,25)(H,21,23,26). The predicted octanol–water partition coefficient (Wildman–Crippen LogP) is 3.20. The van der Waals surface area contributed by atoms with Crippen LogP contribution in [0.15, 0.2) is 33.7 Å². The zero-order chi connectivity index (χ0) is 19.6. The smallest absolute Gasteiger partial charge is 0.263 e. The summed E-state index contributed by atoms with van der Waals surface area (Å²) in [7, 11) is 0. The number of aromatic nitrogens is 3. The summed E-state index contributed by atoms with van der Waals surface area (Å²) in [6.07, 6.45) is 1.48. The molecule has 0 fully saturated rings. The van der Waals surface area contributed by atoms with Crippen molar-refractivity contribution in [2.45, 2.75) is 26.8 Å². The molecule has 2 heterocycles. The van der Waals surface area contributed by atoms with Crippen molar-refractivity contribution in [3.05, 3.63) is 78.8 Å². The molecule has 0 spiro atoms. The maximum absolute atomic E-state index is 12.3. The first kappa shape index (κ1) is 19.1. The lowest BCUT2D eigenvalue weighted by Crippen LogP contribution is -2.30. The molecule has 0 unspecified atom stereocenters. The van der Waals surface area contributed by atoms with Crippen LogP contribution in [0.5, 0.6) is 0 Å². The Morgan fingerprint density at radius 3 is 2.52 bits per heavy atom. The Bertz CT molecular complexity index is 1020. The third-order valence-corrected chi connectivity index (χ3v) is 4.82. The zero-order valence-corrected chi connectivity index (χ0v) is 16.1. The highest BCUT2D eigenvalue weighted by Crippen LogP contribution is 2.25. The highest BCUT2D eigenvalue weighted by Gasteiger charge is 2.15. The molecule has 27 heavy (non-hydrogen) atoms. The summed E-state index contributed by atoms with van der Waals surface area (Å²) < 4.78 is 5.05. The van der Waals surface area contributed by atoms with Gasteiger partial charge in [0.1, 0.15) is 17.1 Å². The van der Waals surface area contributed by atoms with Crippen LogP contribution in [-0.4, -0.2) is 21.0 Å². The number of amides is 1. The van der Waals surface area contributed by atoms with Crippen molar-refractivity contribution in [2.75, 3.05) is 0 Å². The van der Waals surface area contributed by atoms with Gasteiger partial charge in [-0.05, 0) is 31.5 Å². The average Bonchev–Trinajstić information content (AvgIpc) is 2.94. The van der Waals surface area contributed by atoms with Crippen LogP contribution in [0, 0.1) is 13.8 Å². The topological polar surface area (TPSA) is 101 Å². The number of aryl methyl sites for hydroxylation is 2. The second kappa shape index (κ2) is 7.94. The minimum Gasteiger partial charge on any atom is -0.361 e. The Hall–Kier alpha value is -2.64. The van der Waals surface area contributed by atoms with Crippen molar-refractivity contribution in [1.82, 2.24) is 20.4 Å². The van der Waals surface area contributed by atoms with Crippen LogP contribution in [0.2, 0.25) is 10.0 Å². The van der Waals surface area contributed by atoms with Crippen LogP contribution >= 0.6 is 23.2 Å². The molecule has 140 valence electrons. The molecule has 0 radical (unpaired) electrons. The molecule has 0 bridgehead atoms. The number of carbonyl (C=O) groups is 1. The average molecular weight is 407 g/mol. The molecule has 0 aliphatic heterocycles. The third-order valence-electron chi connectivity index (χ3n) is 4.11. The summed E-state index contributed by atoms with van der Waals surface area (Å²) in [5.41, 5.74) is 1.49.